The smallest absolute Gasteiger partial charge is 0.304 e. The van der Waals surface area contributed by atoms with Gasteiger partial charge in [-0.25, -0.2) is 0 Å². The third-order valence-corrected chi connectivity index (χ3v) is 3.49. The van der Waals surface area contributed by atoms with Crippen LogP contribution < -0.4 is 4.74 Å². The van der Waals surface area contributed by atoms with Gasteiger partial charge in [-0.3, -0.25) is 9.69 Å². The molecule has 0 aliphatic carbocycles. The van der Waals surface area contributed by atoms with Crippen LogP contribution in [0.4, 0.5) is 0 Å². The summed E-state index contributed by atoms with van der Waals surface area (Å²) < 4.78 is 5.76. The van der Waals surface area contributed by atoms with E-state index in [1.807, 2.05) is 37.3 Å². The van der Waals surface area contributed by atoms with Crippen LogP contribution in [0.5, 0.6) is 5.75 Å². The predicted octanol–water partition coefficient (Wildman–Crippen LogP) is 3.02. The van der Waals surface area contributed by atoms with Crippen molar-refractivity contribution in [3.8, 4) is 5.75 Å². The minimum atomic E-state index is -0.760. The van der Waals surface area contributed by atoms with Crippen molar-refractivity contribution in [2.24, 2.45) is 0 Å². The molecule has 4 nitrogen and oxygen atoms in total. The van der Waals surface area contributed by atoms with Crippen LogP contribution in [0.1, 0.15) is 13.3 Å². The number of aliphatic carboxylic acids is 1. The zero-order valence-corrected chi connectivity index (χ0v) is 12.3. The Morgan fingerprint density at radius 2 is 1.90 bits per heavy atom. The van der Waals surface area contributed by atoms with Gasteiger partial charge < -0.3 is 9.84 Å². The SMILES string of the molecule is CCN(CCOc1ccc2ccccc2c1)CCC(=O)O. The number of nitrogens with zero attached hydrogens (tertiary/aromatic N) is 1. The lowest BCUT2D eigenvalue weighted by molar-refractivity contribution is -0.137. The molecule has 0 amide bonds. The first-order chi connectivity index (χ1) is 10.2. The summed E-state index contributed by atoms with van der Waals surface area (Å²) >= 11 is 0. The van der Waals surface area contributed by atoms with Crippen molar-refractivity contribution < 1.29 is 14.6 Å². The van der Waals surface area contributed by atoms with Gasteiger partial charge in [-0.05, 0) is 29.4 Å². The lowest BCUT2D eigenvalue weighted by Crippen LogP contribution is -2.30. The predicted molar refractivity (Wildman–Crippen MR) is 83.8 cm³/mol. The van der Waals surface area contributed by atoms with E-state index in [2.05, 4.69) is 17.0 Å². The van der Waals surface area contributed by atoms with Crippen molar-refractivity contribution >= 4 is 16.7 Å². The second-order valence-corrected chi connectivity index (χ2v) is 4.94. The van der Waals surface area contributed by atoms with E-state index in [1.54, 1.807) is 0 Å². The number of carbonyl (C=O) groups is 1. The fourth-order valence-corrected chi connectivity index (χ4v) is 2.23. The summed E-state index contributed by atoms with van der Waals surface area (Å²) in [5.74, 6) is 0.0897. The molecule has 112 valence electrons. The Kier molecular flexibility index (Phi) is 5.58. The number of fused-ring (bicyclic) bond motifs is 1. The van der Waals surface area contributed by atoms with Gasteiger partial charge in [0.05, 0.1) is 6.42 Å². The molecular weight excluding hydrogens is 266 g/mol. The van der Waals surface area contributed by atoms with Crippen molar-refractivity contribution in [3.05, 3.63) is 42.5 Å². The van der Waals surface area contributed by atoms with Crippen LogP contribution >= 0.6 is 0 Å². The highest BCUT2D eigenvalue weighted by atomic mass is 16.5. The molecule has 0 aromatic heterocycles. The number of hydrogen-bond acceptors (Lipinski definition) is 3. The van der Waals surface area contributed by atoms with Crippen LogP contribution in [-0.2, 0) is 4.79 Å². The summed E-state index contributed by atoms with van der Waals surface area (Å²) in [6, 6.07) is 14.2. The molecule has 1 N–H and O–H groups in total. The fraction of sp³-hybridized carbons (Fsp3) is 0.353. The van der Waals surface area contributed by atoms with Crippen molar-refractivity contribution in [2.75, 3.05) is 26.2 Å². The quantitative estimate of drug-likeness (QED) is 0.811. The maximum atomic E-state index is 10.6. The topological polar surface area (TPSA) is 49.8 Å². The number of rotatable bonds is 8. The van der Waals surface area contributed by atoms with Crippen LogP contribution in [0.3, 0.4) is 0 Å². The third-order valence-electron chi connectivity index (χ3n) is 3.49. The minimum absolute atomic E-state index is 0.170. The van der Waals surface area contributed by atoms with Gasteiger partial charge in [0.1, 0.15) is 12.4 Å². The van der Waals surface area contributed by atoms with E-state index in [4.69, 9.17) is 9.84 Å². The molecule has 0 spiro atoms. The molecule has 0 fully saturated rings. The summed E-state index contributed by atoms with van der Waals surface area (Å²) in [4.78, 5) is 12.7. The molecule has 0 saturated heterocycles. The lowest BCUT2D eigenvalue weighted by Gasteiger charge is -2.19. The maximum absolute atomic E-state index is 10.6. The Morgan fingerprint density at radius 3 is 2.62 bits per heavy atom. The monoisotopic (exact) mass is 287 g/mol. The molecule has 0 atom stereocenters. The van der Waals surface area contributed by atoms with Gasteiger partial charge in [-0.1, -0.05) is 37.3 Å². The Labute approximate surface area is 124 Å². The lowest BCUT2D eigenvalue weighted by atomic mass is 10.1. The molecule has 0 aliphatic heterocycles. The van der Waals surface area contributed by atoms with E-state index >= 15 is 0 Å². The summed E-state index contributed by atoms with van der Waals surface area (Å²) in [6.07, 6.45) is 0.170. The normalized spacial score (nSPS) is 11.0. The summed E-state index contributed by atoms with van der Waals surface area (Å²) in [7, 11) is 0. The molecule has 0 heterocycles. The number of ether oxygens (including phenoxy) is 1. The molecule has 2 rings (SSSR count). The fourth-order valence-electron chi connectivity index (χ4n) is 2.23. The van der Waals surface area contributed by atoms with Crippen LogP contribution in [0, 0.1) is 0 Å². The van der Waals surface area contributed by atoms with Gasteiger partial charge in [0, 0.05) is 13.1 Å². The Hall–Kier alpha value is -2.07. The number of likely N-dealkylation sites (N-methyl/N-ethyl adjacent to an activating group) is 1. The van der Waals surface area contributed by atoms with E-state index in [0.717, 1.165) is 24.2 Å². The average molecular weight is 287 g/mol. The first-order valence-corrected chi connectivity index (χ1v) is 7.25. The van der Waals surface area contributed by atoms with Gasteiger partial charge in [0.15, 0.2) is 0 Å². The number of carboxylic acid groups (broad SMARTS) is 1. The Morgan fingerprint density at radius 1 is 1.14 bits per heavy atom. The first-order valence-electron chi connectivity index (χ1n) is 7.25. The van der Waals surface area contributed by atoms with Gasteiger partial charge in [-0.2, -0.15) is 0 Å². The second-order valence-electron chi connectivity index (χ2n) is 4.94. The minimum Gasteiger partial charge on any atom is -0.492 e. The van der Waals surface area contributed by atoms with E-state index in [1.165, 1.54) is 5.39 Å². The first kappa shape index (κ1) is 15.3. The summed E-state index contributed by atoms with van der Waals surface area (Å²) in [5, 5.41) is 11.1. The van der Waals surface area contributed by atoms with Gasteiger partial charge in [0.2, 0.25) is 0 Å². The maximum Gasteiger partial charge on any atom is 0.304 e. The largest absolute Gasteiger partial charge is 0.492 e. The highest BCUT2D eigenvalue weighted by Crippen LogP contribution is 2.20. The summed E-state index contributed by atoms with van der Waals surface area (Å²) in [5.41, 5.74) is 0. The Bertz CT molecular complexity index is 597. The second kappa shape index (κ2) is 7.64. The van der Waals surface area contributed by atoms with Crippen molar-refractivity contribution in [2.45, 2.75) is 13.3 Å². The zero-order chi connectivity index (χ0) is 15.1. The van der Waals surface area contributed by atoms with E-state index in [-0.39, 0.29) is 6.42 Å². The molecular formula is C17H21NO3. The van der Waals surface area contributed by atoms with E-state index in [0.29, 0.717) is 13.2 Å². The molecule has 4 heteroatoms. The van der Waals surface area contributed by atoms with Crippen molar-refractivity contribution in [1.29, 1.82) is 0 Å². The molecule has 0 bridgehead atoms. The highest BCUT2D eigenvalue weighted by Gasteiger charge is 2.05. The molecule has 2 aromatic carbocycles. The molecule has 2 aromatic rings. The molecule has 0 aliphatic rings. The average Bonchev–Trinajstić information content (AvgIpc) is 2.50. The molecule has 21 heavy (non-hydrogen) atoms. The van der Waals surface area contributed by atoms with Crippen LogP contribution in [0.25, 0.3) is 10.8 Å². The molecule has 0 saturated carbocycles. The number of carboxylic acids is 1. The third kappa shape index (κ3) is 4.76. The van der Waals surface area contributed by atoms with Crippen LogP contribution in [-0.4, -0.2) is 42.2 Å². The zero-order valence-electron chi connectivity index (χ0n) is 12.3. The van der Waals surface area contributed by atoms with E-state index < -0.39 is 5.97 Å². The Balaban J connectivity index is 1.84. The standard InChI is InChI=1S/C17H21NO3/c1-2-18(10-9-17(19)20)11-12-21-16-8-7-14-5-3-4-6-15(14)13-16/h3-8,13H,2,9-12H2,1H3,(H,19,20). The summed E-state index contributed by atoms with van der Waals surface area (Å²) in [6.45, 7) is 4.71. The van der Waals surface area contributed by atoms with Crippen LogP contribution in [0.15, 0.2) is 42.5 Å². The highest BCUT2D eigenvalue weighted by molar-refractivity contribution is 5.83. The van der Waals surface area contributed by atoms with Gasteiger partial charge in [-0.15, -0.1) is 0 Å². The number of benzene rings is 2. The van der Waals surface area contributed by atoms with E-state index in [9.17, 15) is 4.79 Å². The van der Waals surface area contributed by atoms with Crippen molar-refractivity contribution in [3.63, 3.8) is 0 Å². The van der Waals surface area contributed by atoms with Gasteiger partial charge in [0.25, 0.3) is 0 Å². The molecule has 0 radical (unpaired) electrons. The molecule has 0 unspecified atom stereocenters. The van der Waals surface area contributed by atoms with Crippen LogP contribution in [0.2, 0.25) is 0 Å². The van der Waals surface area contributed by atoms with Gasteiger partial charge >= 0.3 is 5.97 Å². The number of hydrogen-bond donors (Lipinski definition) is 1. The van der Waals surface area contributed by atoms with Crippen molar-refractivity contribution in [1.82, 2.24) is 4.90 Å².